The maximum Gasteiger partial charge on any atom is 0.303 e. The molecule has 27 heavy (non-hydrogen) atoms. The van der Waals surface area contributed by atoms with Crippen molar-refractivity contribution in [3.63, 3.8) is 0 Å². The van der Waals surface area contributed by atoms with E-state index >= 15 is 0 Å². The summed E-state index contributed by atoms with van der Waals surface area (Å²) >= 11 is 0. The number of hydrogen-bond acceptors (Lipinski definition) is 4. The Morgan fingerprint density at radius 3 is 2.30 bits per heavy atom. The summed E-state index contributed by atoms with van der Waals surface area (Å²) in [6.45, 7) is 1.90. The van der Waals surface area contributed by atoms with Gasteiger partial charge in [0, 0.05) is 18.8 Å². The molecule has 0 saturated heterocycles. The SMILES string of the molecule is CC[C@H](O)/C=C/[C@H]1[C@@H](C/C=C\C/C=C\C/C=C\CCC(=O)O)[C@H](O)C[C@@H]1O. The summed E-state index contributed by atoms with van der Waals surface area (Å²) in [5, 5.41) is 38.5. The van der Waals surface area contributed by atoms with Gasteiger partial charge >= 0.3 is 5.97 Å². The van der Waals surface area contributed by atoms with Gasteiger partial charge in [0.15, 0.2) is 0 Å². The van der Waals surface area contributed by atoms with Crippen LogP contribution < -0.4 is 0 Å². The number of rotatable bonds is 12. The minimum absolute atomic E-state index is 0.0299. The Morgan fingerprint density at radius 2 is 1.67 bits per heavy atom. The Morgan fingerprint density at radius 1 is 1.04 bits per heavy atom. The van der Waals surface area contributed by atoms with Gasteiger partial charge < -0.3 is 20.4 Å². The third kappa shape index (κ3) is 9.70. The van der Waals surface area contributed by atoms with Crippen LogP contribution in [0.1, 0.15) is 51.9 Å². The van der Waals surface area contributed by atoms with Crippen molar-refractivity contribution in [3.8, 4) is 0 Å². The fourth-order valence-electron chi connectivity index (χ4n) is 3.22. The van der Waals surface area contributed by atoms with Gasteiger partial charge in [-0.15, -0.1) is 0 Å². The van der Waals surface area contributed by atoms with E-state index in [-0.39, 0.29) is 18.3 Å². The first-order valence-electron chi connectivity index (χ1n) is 9.85. The first kappa shape index (κ1) is 23.3. The highest BCUT2D eigenvalue weighted by Crippen LogP contribution is 2.36. The van der Waals surface area contributed by atoms with Gasteiger partial charge in [-0.05, 0) is 38.0 Å². The lowest BCUT2D eigenvalue weighted by Gasteiger charge is -2.19. The maximum absolute atomic E-state index is 10.4. The van der Waals surface area contributed by atoms with Crippen molar-refractivity contribution in [1.82, 2.24) is 0 Å². The van der Waals surface area contributed by atoms with Crippen molar-refractivity contribution >= 4 is 5.97 Å². The number of aliphatic hydroxyl groups excluding tert-OH is 3. The van der Waals surface area contributed by atoms with Crippen LogP contribution in [0.4, 0.5) is 0 Å². The molecule has 0 aromatic carbocycles. The van der Waals surface area contributed by atoms with Crippen LogP contribution in [0.2, 0.25) is 0 Å². The summed E-state index contributed by atoms with van der Waals surface area (Å²) in [5.74, 6) is -0.936. The van der Waals surface area contributed by atoms with E-state index < -0.39 is 24.3 Å². The second-order valence-corrected chi connectivity index (χ2v) is 7.03. The number of carboxylic acid groups (broad SMARTS) is 1. The lowest BCUT2D eigenvalue weighted by molar-refractivity contribution is -0.136. The third-order valence-electron chi connectivity index (χ3n) is 4.87. The highest BCUT2D eigenvalue weighted by Gasteiger charge is 2.39. The fraction of sp³-hybridized carbons (Fsp3) is 0.591. The van der Waals surface area contributed by atoms with Crippen molar-refractivity contribution < 1.29 is 25.2 Å². The molecule has 1 aliphatic carbocycles. The molecule has 1 fully saturated rings. The molecule has 0 aromatic heterocycles. The molecule has 152 valence electrons. The van der Waals surface area contributed by atoms with E-state index in [1.807, 2.05) is 49.5 Å². The first-order valence-corrected chi connectivity index (χ1v) is 9.85. The molecule has 5 atom stereocenters. The molecule has 0 amide bonds. The Bertz CT molecular complexity index is 535. The molecule has 0 spiro atoms. The molecule has 0 heterocycles. The molecule has 5 nitrogen and oxygen atoms in total. The van der Waals surface area contributed by atoms with Crippen LogP contribution in [0, 0.1) is 11.8 Å². The van der Waals surface area contributed by atoms with Gasteiger partial charge in [-0.25, -0.2) is 0 Å². The van der Waals surface area contributed by atoms with Crippen LogP contribution in [0.5, 0.6) is 0 Å². The highest BCUT2D eigenvalue weighted by molar-refractivity contribution is 5.66. The quantitative estimate of drug-likeness (QED) is 0.390. The molecule has 0 bridgehead atoms. The van der Waals surface area contributed by atoms with E-state index in [1.54, 1.807) is 6.08 Å². The van der Waals surface area contributed by atoms with Crippen LogP contribution in [-0.4, -0.2) is 44.7 Å². The molecule has 0 radical (unpaired) electrons. The molecule has 0 aromatic rings. The van der Waals surface area contributed by atoms with Gasteiger partial charge in [-0.2, -0.15) is 0 Å². The Balaban J connectivity index is 2.34. The third-order valence-corrected chi connectivity index (χ3v) is 4.87. The van der Waals surface area contributed by atoms with Gasteiger partial charge in [0.25, 0.3) is 0 Å². The standard InChI is InChI=1S/C22H34O5/c1-2-17(23)14-15-19-18(20(24)16-21(19)25)12-10-8-6-4-3-5-7-9-11-13-22(26)27/h3-4,7-10,14-15,17-21,23-25H,2,5-6,11-13,16H2,1H3,(H,26,27)/b4-3-,9-7-,10-8-,15-14+/t17-,18+,19-,20+,21-/m0/s1. The maximum atomic E-state index is 10.4. The summed E-state index contributed by atoms with van der Waals surface area (Å²) in [6.07, 6.45) is 18.0. The summed E-state index contributed by atoms with van der Waals surface area (Å²) in [7, 11) is 0. The zero-order chi connectivity index (χ0) is 20.1. The zero-order valence-corrected chi connectivity index (χ0v) is 16.2. The number of aliphatic hydroxyl groups is 3. The number of carboxylic acids is 1. The topological polar surface area (TPSA) is 98.0 Å². The van der Waals surface area contributed by atoms with E-state index in [9.17, 15) is 20.1 Å². The molecule has 4 N–H and O–H groups in total. The highest BCUT2D eigenvalue weighted by atomic mass is 16.4. The molecule has 0 unspecified atom stereocenters. The average molecular weight is 379 g/mol. The normalized spacial score (nSPS) is 27.6. The molecule has 1 aliphatic rings. The van der Waals surface area contributed by atoms with E-state index in [1.165, 1.54) is 0 Å². The molecule has 1 rings (SSSR count). The lowest BCUT2D eigenvalue weighted by atomic mass is 9.89. The summed E-state index contributed by atoms with van der Waals surface area (Å²) in [5.41, 5.74) is 0. The number of carbonyl (C=O) groups is 1. The van der Waals surface area contributed by atoms with E-state index in [0.717, 1.165) is 12.8 Å². The van der Waals surface area contributed by atoms with Gasteiger partial charge in [0.05, 0.1) is 18.3 Å². The van der Waals surface area contributed by atoms with Crippen LogP contribution in [0.3, 0.4) is 0 Å². The second-order valence-electron chi connectivity index (χ2n) is 7.03. The van der Waals surface area contributed by atoms with E-state index in [2.05, 4.69) is 0 Å². The largest absolute Gasteiger partial charge is 0.481 e. The number of allylic oxidation sites excluding steroid dienone is 6. The monoisotopic (exact) mass is 378 g/mol. The van der Waals surface area contributed by atoms with Gasteiger partial charge in [0.2, 0.25) is 0 Å². The summed E-state index contributed by atoms with van der Waals surface area (Å²) < 4.78 is 0. The van der Waals surface area contributed by atoms with Gasteiger partial charge in [0.1, 0.15) is 0 Å². The molecule has 5 heteroatoms. The predicted molar refractivity (Wildman–Crippen MR) is 107 cm³/mol. The van der Waals surface area contributed by atoms with Crippen molar-refractivity contribution in [2.75, 3.05) is 0 Å². The average Bonchev–Trinajstić information content (AvgIpc) is 2.90. The van der Waals surface area contributed by atoms with E-state index in [4.69, 9.17) is 5.11 Å². The number of hydrogen-bond donors (Lipinski definition) is 4. The minimum Gasteiger partial charge on any atom is -0.481 e. The van der Waals surface area contributed by atoms with Gasteiger partial charge in [-0.3, -0.25) is 4.79 Å². The van der Waals surface area contributed by atoms with Crippen molar-refractivity contribution in [2.24, 2.45) is 11.8 Å². The Labute approximate surface area is 162 Å². The Hall–Kier alpha value is -1.69. The first-order chi connectivity index (χ1) is 13.0. The van der Waals surface area contributed by atoms with Crippen molar-refractivity contribution in [2.45, 2.75) is 70.2 Å². The van der Waals surface area contributed by atoms with Crippen LogP contribution >= 0.6 is 0 Å². The van der Waals surface area contributed by atoms with Crippen LogP contribution in [-0.2, 0) is 4.79 Å². The molecular formula is C22H34O5. The fourth-order valence-corrected chi connectivity index (χ4v) is 3.22. The van der Waals surface area contributed by atoms with Crippen LogP contribution in [0.15, 0.2) is 48.6 Å². The predicted octanol–water partition coefficient (Wildman–Crippen LogP) is 3.38. The van der Waals surface area contributed by atoms with Crippen LogP contribution in [0.25, 0.3) is 0 Å². The summed E-state index contributed by atoms with van der Waals surface area (Å²) in [6, 6.07) is 0. The minimum atomic E-state index is -0.778. The lowest BCUT2D eigenvalue weighted by Crippen LogP contribution is -2.20. The zero-order valence-electron chi connectivity index (χ0n) is 16.2. The molecular weight excluding hydrogens is 344 g/mol. The van der Waals surface area contributed by atoms with E-state index in [0.29, 0.717) is 25.7 Å². The van der Waals surface area contributed by atoms with Gasteiger partial charge in [-0.1, -0.05) is 55.5 Å². The van der Waals surface area contributed by atoms with Crippen molar-refractivity contribution in [3.05, 3.63) is 48.6 Å². The second kappa shape index (κ2) is 13.5. The molecule has 1 saturated carbocycles. The number of aliphatic carboxylic acids is 1. The molecule has 0 aliphatic heterocycles. The summed E-state index contributed by atoms with van der Waals surface area (Å²) in [4.78, 5) is 10.4. The Kier molecular flexibility index (Phi) is 11.7. The van der Waals surface area contributed by atoms with Crippen molar-refractivity contribution in [1.29, 1.82) is 0 Å². The smallest absolute Gasteiger partial charge is 0.303 e.